The molecule has 0 N–H and O–H groups in total. The number of aromatic nitrogens is 1. The molecule has 0 aliphatic heterocycles. The van der Waals surface area contributed by atoms with Crippen molar-refractivity contribution in [1.82, 2.24) is 4.98 Å². The Labute approximate surface area is 125 Å². The molecule has 2 rings (SSSR count). The molecule has 1 aromatic heterocycles. The van der Waals surface area contributed by atoms with Crippen molar-refractivity contribution in [2.24, 2.45) is 0 Å². The van der Waals surface area contributed by atoms with E-state index >= 15 is 0 Å². The first-order valence-electron chi connectivity index (χ1n) is 5.47. The van der Waals surface area contributed by atoms with Crippen molar-refractivity contribution in [3.05, 3.63) is 46.6 Å². The number of rotatable bonds is 3. The van der Waals surface area contributed by atoms with Crippen LogP contribution in [0.1, 0.15) is 5.56 Å². The van der Waals surface area contributed by atoms with Crippen molar-refractivity contribution in [1.29, 1.82) is 5.26 Å². The molecule has 0 radical (unpaired) electrons. The number of ether oxygens (including phenoxy) is 2. The van der Waals surface area contributed by atoms with Crippen LogP contribution in [-0.2, 0) is 0 Å². The maximum Gasteiger partial charge on any atom is 0.573 e. The van der Waals surface area contributed by atoms with Crippen molar-refractivity contribution in [2.75, 3.05) is 0 Å². The maximum absolute atomic E-state index is 12.1. The van der Waals surface area contributed by atoms with E-state index in [2.05, 4.69) is 25.7 Å². The van der Waals surface area contributed by atoms with Crippen LogP contribution in [-0.4, -0.2) is 11.3 Å². The molecule has 0 aliphatic rings. The van der Waals surface area contributed by atoms with Crippen LogP contribution in [0.25, 0.3) is 0 Å². The van der Waals surface area contributed by atoms with Gasteiger partial charge in [-0.3, -0.25) is 0 Å². The van der Waals surface area contributed by atoms with Gasteiger partial charge in [0.05, 0.1) is 10.0 Å². The van der Waals surface area contributed by atoms with Crippen LogP contribution < -0.4 is 9.47 Å². The first kappa shape index (κ1) is 15.1. The molecule has 1 heterocycles. The number of benzene rings is 1. The summed E-state index contributed by atoms with van der Waals surface area (Å²) in [6.45, 7) is 0. The Bertz CT molecular complexity index is 681. The summed E-state index contributed by atoms with van der Waals surface area (Å²) in [4.78, 5) is 3.89. The van der Waals surface area contributed by atoms with E-state index in [0.29, 0.717) is 5.56 Å². The third-order valence-corrected chi connectivity index (χ3v) is 2.84. The Kier molecular flexibility index (Phi) is 4.33. The zero-order chi connectivity index (χ0) is 15.5. The van der Waals surface area contributed by atoms with Crippen molar-refractivity contribution in [3.63, 3.8) is 0 Å². The lowest BCUT2D eigenvalue weighted by atomic mass is 10.3. The van der Waals surface area contributed by atoms with Gasteiger partial charge in [0, 0.05) is 12.3 Å². The molecule has 108 valence electrons. The van der Waals surface area contributed by atoms with Crippen molar-refractivity contribution in [2.45, 2.75) is 6.36 Å². The fourth-order valence-electron chi connectivity index (χ4n) is 1.38. The first-order valence-corrected chi connectivity index (χ1v) is 6.26. The minimum atomic E-state index is -4.76. The fourth-order valence-corrected chi connectivity index (χ4v) is 1.82. The Morgan fingerprint density at radius 3 is 2.48 bits per heavy atom. The average molecular weight is 359 g/mol. The molecule has 0 saturated carbocycles. The molecule has 0 atom stereocenters. The molecule has 0 fully saturated rings. The second kappa shape index (κ2) is 6.01. The van der Waals surface area contributed by atoms with Gasteiger partial charge in [0.25, 0.3) is 0 Å². The number of alkyl halides is 3. The molecular formula is C13H6BrF3N2O2. The molecule has 0 aliphatic carbocycles. The first-order chi connectivity index (χ1) is 9.87. The lowest BCUT2D eigenvalue weighted by molar-refractivity contribution is -0.274. The van der Waals surface area contributed by atoms with Gasteiger partial charge in [-0.1, -0.05) is 0 Å². The van der Waals surface area contributed by atoms with Gasteiger partial charge in [-0.25, -0.2) is 4.98 Å². The number of nitrogens with zero attached hydrogens (tertiary/aromatic N) is 2. The Morgan fingerprint density at radius 1 is 1.19 bits per heavy atom. The smallest absolute Gasteiger partial charge is 0.439 e. The van der Waals surface area contributed by atoms with Crippen LogP contribution in [0.5, 0.6) is 17.4 Å². The van der Waals surface area contributed by atoms with E-state index < -0.39 is 6.36 Å². The molecular weight excluding hydrogens is 353 g/mol. The third-order valence-electron chi connectivity index (χ3n) is 2.22. The Morgan fingerprint density at radius 2 is 1.95 bits per heavy atom. The quantitative estimate of drug-likeness (QED) is 0.815. The fraction of sp³-hybridized carbons (Fsp3) is 0.0769. The van der Waals surface area contributed by atoms with Crippen LogP contribution >= 0.6 is 15.9 Å². The van der Waals surface area contributed by atoms with Crippen LogP contribution in [0.3, 0.4) is 0 Å². The molecule has 2 aromatic rings. The summed E-state index contributed by atoms with van der Waals surface area (Å²) in [5, 5.41) is 8.64. The van der Waals surface area contributed by atoms with E-state index in [1.165, 1.54) is 30.5 Å². The third kappa shape index (κ3) is 4.36. The van der Waals surface area contributed by atoms with Gasteiger partial charge in [-0.15, -0.1) is 13.2 Å². The lowest BCUT2D eigenvalue weighted by Crippen LogP contribution is -2.17. The van der Waals surface area contributed by atoms with E-state index in [4.69, 9.17) is 10.00 Å². The highest BCUT2D eigenvalue weighted by atomic mass is 79.9. The highest BCUT2D eigenvalue weighted by molar-refractivity contribution is 9.10. The summed E-state index contributed by atoms with van der Waals surface area (Å²) in [5.74, 6) is 0.113. The molecule has 0 spiro atoms. The zero-order valence-electron chi connectivity index (χ0n) is 10.2. The van der Waals surface area contributed by atoms with E-state index in [1.807, 2.05) is 6.07 Å². The molecule has 0 saturated heterocycles. The van der Waals surface area contributed by atoms with Gasteiger partial charge >= 0.3 is 6.36 Å². The maximum atomic E-state index is 12.1. The predicted octanol–water partition coefficient (Wildman–Crippen LogP) is 4.41. The van der Waals surface area contributed by atoms with Gasteiger partial charge in [0.2, 0.25) is 5.88 Å². The van der Waals surface area contributed by atoms with Gasteiger partial charge in [-0.2, -0.15) is 5.26 Å². The van der Waals surface area contributed by atoms with Crippen LogP contribution in [0, 0.1) is 11.3 Å². The molecule has 0 bridgehead atoms. The van der Waals surface area contributed by atoms with Crippen molar-refractivity contribution >= 4 is 15.9 Å². The van der Waals surface area contributed by atoms with E-state index in [0.717, 1.165) is 6.07 Å². The lowest BCUT2D eigenvalue weighted by Gasteiger charge is -2.11. The van der Waals surface area contributed by atoms with Crippen molar-refractivity contribution in [3.8, 4) is 23.4 Å². The zero-order valence-corrected chi connectivity index (χ0v) is 11.8. The van der Waals surface area contributed by atoms with E-state index in [1.54, 1.807) is 0 Å². The summed E-state index contributed by atoms with van der Waals surface area (Å²) >= 11 is 2.97. The highest BCUT2D eigenvalue weighted by Gasteiger charge is 2.32. The van der Waals surface area contributed by atoms with Crippen LogP contribution in [0.2, 0.25) is 0 Å². The van der Waals surface area contributed by atoms with E-state index in [-0.39, 0.29) is 21.9 Å². The number of nitriles is 1. The second-order valence-corrected chi connectivity index (χ2v) is 4.59. The largest absolute Gasteiger partial charge is 0.573 e. The summed E-state index contributed by atoms with van der Waals surface area (Å²) in [6, 6.07) is 8.65. The van der Waals surface area contributed by atoms with Gasteiger partial charge in [-0.05, 0) is 40.2 Å². The number of hydrogen-bond donors (Lipinski definition) is 0. The Hall–Kier alpha value is -2.27. The molecule has 1 aromatic carbocycles. The summed E-state index contributed by atoms with van der Waals surface area (Å²) in [5.41, 5.74) is 0.373. The SMILES string of the molecule is N#Cc1ccc(Oc2ccc(OC(F)(F)F)c(Br)c2)nc1. The highest BCUT2D eigenvalue weighted by Crippen LogP contribution is 2.34. The number of pyridine rings is 1. The van der Waals surface area contributed by atoms with Gasteiger partial charge in [0.15, 0.2) is 0 Å². The minimum absolute atomic E-state index is 0.0889. The molecule has 8 heteroatoms. The number of halogens is 4. The minimum Gasteiger partial charge on any atom is -0.439 e. The summed E-state index contributed by atoms with van der Waals surface area (Å²) in [7, 11) is 0. The van der Waals surface area contributed by atoms with Gasteiger partial charge < -0.3 is 9.47 Å². The standard InChI is InChI=1S/C13H6BrF3N2O2/c14-10-5-9(2-3-11(10)21-13(15,16)17)20-12-4-1-8(6-18)7-19-12/h1-5,7H. The molecule has 0 unspecified atom stereocenters. The summed E-state index contributed by atoms with van der Waals surface area (Å²) in [6.07, 6.45) is -3.44. The van der Waals surface area contributed by atoms with Crippen LogP contribution in [0.4, 0.5) is 13.2 Å². The van der Waals surface area contributed by atoms with Gasteiger partial charge in [0.1, 0.15) is 17.6 Å². The van der Waals surface area contributed by atoms with Crippen LogP contribution in [0.15, 0.2) is 41.0 Å². The average Bonchev–Trinajstić information content (AvgIpc) is 2.41. The second-order valence-electron chi connectivity index (χ2n) is 3.74. The monoisotopic (exact) mass is 358 g/mol. The topological polar surface area (TPSA) is 55.1 Å². The normalized spacial score (nSPS) is 10.8. The molecule has 4 nitrogen and oxygen atoms in total. The Balaban J connectivity index is 2.14. The predicted molar refractivity (Wildman–Crippen MR) is 69.9 cm³/mol. The molecule has 21 heavy (non-hydrogen) atoms. The van der Waals surface area contributed by atoms with Crippen molar-refractivity contribution < 1.29 is 22.6 Å². The molecule has 0 amide bonds. The summed E-state index contributed by atoms with van der Waals surface area (Å²) < 4.78 is 45.6. The van der Waals surface area contributed by atoms with E-state index in [9.17, 15) is 13.2 Å². The number of hydrogen-bond acceptors (Lipinski definition) is 4.